The molecular formula is C13H24N2O2S. The number of rotatable bonds is 6. The van der Waals surface area contributed by atoms with Crippen LogP contribution in [0.3, 0.4) is 0 Å². The second-order valence-electron chi connectivity index (χ2n) is 5.03. The maximum absolute atomic E-state index is 11.7. The van der Waals surface area contributed by atoms with Crippen molar-refractivity contribution in [3.05, 3.63) is 0 Å². The maximum Gasteiger partial charge on any atom is 0.223 e. The normalized spacial score (nSPS) is 25.2. The Balaban J connectivity index is 1.46. The van der Waals surface area contributed by atoms with E-state index in [9.17, 15) is 4.79 Å². The van der Waals surface area contributed by atoms with Gasteiger partial charge < -0.3 is 15.4 Å². The molecule has 4 nitrogen and oxygen atoms in total. The summed E-state index contributed by atoms with van der Waals surface area (Å²) in [7, 11) is 0. The Morgan fingerprint density at radius 1 is 1.33 bits per heavy atom. The lowest BCUT2D eigenvalue weighted by Gasteiger charge is -2.22. The Bertz CT molecular complexity index is 251. The smallest absolute Gasteiger partial charge is 0.223 e. The Morgan fingerprint density at radius 2 is 2.17 bits per heavy atom. The van der Waals surface area contributed by atoms with Crippen molar-refractivity contribution < 1.29 is 9.53 Å². The van der Waals surface area contributed by atoms with Crippen LogP contribution in [-0.2, 0) is 9.53 Å². The molecule has 5 heteroatoms. The average Bonchev–Trinajstić information content (AvgIpc) is 2.93. The Morgan fingerprint density at radius 3 is 2.89 bits per heavy atom. The number of hydrogen-bond acceptors (Lipinski definition) is 4. The number of carbonyl (C=O) groups excluding carboxylic acids is 1. The van der Waals surface area contributed by atoms with Crippen molar-refractivity contribution in [3.63, 3.8) is 0 Å². The highest BCUT2D eigenvalue weighted by Crippen LogP contribution is 2.23. The minimum atomic E-state index is 0.238. The molecule has 2 saturated heterocycles. The van der Waals surface area contributed by atoms with E-state index in [4.69, 9.17) is 4.74 Å². The molecule has 0 aliphatic carbocycles. The highest BCUT2D eigenvalue weighted by molar-refractivity contribution is 7.99. The van der Waals surface area contributed by atoms with Gasteiger partial charge in [0.2, 0.25) is 5.91 Å². The van der Waals surface area contributed by atoms with Gasteiger partial charge in [-0.05, 0) is 44.5 Å². The van der Waals surface area contributed by atoms with Crippen molar-refractivity contribution in [2.24, 2.45) is 5.92 Å². The topological polar surface area (TPSA) is 50.4 Å². The molecule has 2 heterocycles. The van der Waals surface area contributed by atoms with Crippen LogP contribution in [0.15, 0.2) is 0 Å². The molecule has 2 aliphatic heterocycles. The summed E-state index contributed by atoms with van der Waals surface area (Å²) in [6, 6.07) is 0. The van der Waals surface area contributed by atoms with Crippen LogP contribution in [0.2, 0.25) is 0 Å². The zero-order chi connectivity index (χ0) is 12.6. The van der Waals surface area contributed by atoms with Gasteiger partial charge >= 0.3 is 0 Å². The van der Waals surface area contributed by atoms with Gasteiger partial charge in [0.15, 0.2) is 0 Å². The van der Waals surface area contributed by atoms with E-state index in [0.717, 1.165) is 63.4 Å². The molecule has 18 heavy (non-hydrogen) atoms. The van der Waals surface area contributed by atoms with Crippen LogP contribution in [-0.4, -0.2) is 49.8 Å². The molecular weight excluding hydrogens is 248 g/mol. The van der Waals surface area contributed by atoms with Crippen molar-refractivity contribution in [1.82, 2.24) is 10.6 Å². The lowest BCUT2D eigenvalue weighted by Crippen LogP contribution is -2.34. The molecule has 0 aromatic heterocycles. The average molecular weight is 272 g/mol. The van der Waals surface area contributed by atoms with Crippen LogP contribution in [0.25, 0.3) is 0 Å². The first kappa shape index (κ1) is 14.2. The van der Waals surface area contributed by atoms with Crippen molar-refractivity contribution in [2.45, 2.75) is 31.8 Å². The zero-order valence-corrected chi connectivity index (χ0v) is 11.8. The van der Waals surface area contributed by atoms with E-state index in [2.05, 4.69) is 10.6 Å². The number of hydrogen-bond donors (Lipinski definition) is 2. The SMILES string of the molecule is O=C(NCCCOC1CCNCC1)C1CCSC1. The first-order valence-electron chi connectivity index (χ1n) is 7.04. The third-order valence-electron chi connectivity index (χ3n) is 3.56. The minimum Gasteiger partial charge on any atom is -0.378 e. The van der Waals surface area contributed by atoms with Crippen molar-refractivity contribution >= 4 is 17.7 Å². The Kier molecular flexibility index (Phi) is 6.31. The molecule has 2 fully saturated rings. The molecule has 1 unspecified atom stereocenters. The van der Waals surface area contributed by atoms with Gasteiger partial charge in [0.1, 0.15) is 0 Å². The van der Waals surface area contributed by atoms with Crippen LogP contribution in [0, 0.1) is 5.92 Å². The third kappa shape index (κ3) is 4.78. The standard InChI is InChI=1S/C13H24N2O2S/c16-13(11-4-9-18-10-11)15-5-1-8-17-12-2-6-14-7-3-12/h11-12,14H,1-10H2,(H,15,16). The molecule has 0 radical (unpaired) electrons. The summed E-state index contributed by atoms with van der Waals surface area (Å²) in [6.45, 7) is 3.66. The molecule has 2 N–H and O–H groups in total. The van der Waals surface area contributed by atoms with Gasteiger partial charge in [-0.15, -0.1) is 0 Å². The number of thioether (sulfide) groups is 1. The lowest BCUT2D eigenvalue weighted by atomic mass is 10.1. The van der Waals surface area contributed by atoms with Gasteiger partial charge in [-0.3, -0.25) is 4.79 Å². The van der Waals surface area contributed by atoms with Gasteiger partial charge in [0.25, 0.3) is 0 Å². The van der Waals surface area contributed by atoms with Gasteiger partial charge in [0, 0.05) is 24.8 Å². The van der Waals surface area contributed by atoms with Gasteiger partial charge in [-0.1, -0.05) is 0 Å². The number of piperidine rings is 1. The molecule has 0 aromatic rings. The highest BCUT2D eigenvalue weighted by atomic mass is 32.2. The number of nitrogens with one attached hydrogen (secondary N) is 2. The number of amides is 1. The molecule has 0 bridgehead atoms. The maximum atomic E-state index is 11.7. The monoisotopic (exact) mass is 272 g/mol. The number of ether oxygens (including phenoxy) is 1. The fraction of sp³-hybridized carbons (Fsp3) is 0.923. The molecule has 0 spiro atoms. The predicted octanol–water partition coefficient (Wildman–Crippen LogP) is 1.01. The fourth-order valence-corrected chi connectivity index (χ4v) is 3.60. The largest absolute Gasteiger partial charge is 0.378 e. The molecule has 1 atom stereocenters. The Hall–Kier alpha value is -0.260. The minimum absolute atomic E-state index is 0.238. The van der Waals surface area contributed by atoms with E-state index in [0.29, 0.717) is 6.10 Å². The highest BCUT2D eigenvalue weighted by Gasteiger charge is 2.22. The van der Waals surface area contributed by atoms with E-state index in [1.54, 1.807) is 0 Å². The third-order valence-corrected chi connectivity index (χ3v) is 4.72. The summed E-state index contributed by atoms with van der Waals surface area (Å²) in [5.74, 6) is 2.62. The summed E-state index contributed by atoms with van der Waals surface area (Å²) in [5, 5.41) is 6.34. The van der Waals surface area contributed by atoms with Gasteiger partial charge in [-0.2, -0.15) is 11.8 Å². The van der Waals surface area contributed by atoms with E-state index < -0.39 is 0 Å². The molecule has 2 aliphatic rings. The van der Waals surface area contributed by atoms with E-state index in [1.165, 1.54) is 0 Å². The molecule has 0 aromatic carbocycles. The molecule has 1 amide bonds. The van der Waals surface area contributed by atoms with E-state index >= 15 is 0 Å². The second kappa shape index (κ2) is 8.02. The lowest BCUT2D eigenvalue weighted by molar-refractivity contribution is -0.124. The molecule has 104 valence electrons. The first-order chi connectivity index (χ1) is 8.86. The Labute approximate surface area is 114 Å². The quantitative estimate of drug-likeness (QED) is 0.709. The number of carbonyl (C=O) groups is 1. The molecule has 2 rings (SSSR count). The summed E-state index contributed by atoms with van der Waals surface area (Å²) in [6.07, 6.45) is 4.63. The summed E-state index contributed by atoms with van der Waals surface area (Å²) in [5.41, 5.74) is 0. The van der Waals surface area contributed by atoms with Gasteiger partial charge in [-0.25, -0.2) is 0 Å². The van der Waals surface area contributed by atoms with Crippen molar-refractivity contribution in [1.29, 1.82) is 0 Å². The van der Waals surface area contributed by atoms with Crippen LogP contribution in [0.5, 0.6) is 0 Å². The molecule has 0 saturated carbocycles. The second-order valence-corrected chi connectivity index (χ2v) is 6.18. The van der Waals surface area contributed by atoms with E-state index in [1.807, 2.05) is 11.8 Å². The van der Waals surface area contributed by atoms with Gasteiger partial charge in [0.05, 0.1) is 6.10 Å². The summed E-state index contributed by atoms with van der Waals surface area (Å²) < 4.78 is 5.79. The van der Waals surface area contributed by atoms with Crippen LogP contribution in [0.4, 0.5) is 0 Å². The first-order valence-corrected chi connectivity index (χ1v) is 8.19. The van der Waals surface area contributed by atoms with Crippen LogP contribution >= 0.6 is 11.8 Å². The van der Waals surface area contributed by atoms with Crippen LogP contribution in [0.1, 0.15) is 25.7 Å². The zero-order valence-electron chi connectivity index (χ0n) is 11.0. The fourth-order valence-electron chi connectivity index (χ4n) is 2.38. The van der Waals surface area contributed by atoms with Crippen LogP contribution < -0.4 is 10.6 Å². The predicted molar refractivity (Wildman–Crippen MR) is 74.9 cm³/mol. The summed E-state index contributed by atoms with van der Waals surface area (Å²) in [4.78, 5) is 11.7. The van der Waals surface area contributed by atoms with Crippen molar-refractivity contribution in [3.8, 4) is 0 Å². The van der Waals surface area contributed by atoms with E-state index in [-0.39, 0.29) is 11.8 Å². The van der Waals surface area contributed by atoms with Crippen molar-refractivity contribution in [2.75, 3.05) is 37.7 Å². The summed E-state index contributed by atoms with van der Waals surface area (Å²) >= 11 is 1.88.